The predicted octanol–water partition coefficient (Wildman–Crippen LogP) is 5.29. The molecule has 0 saturated carbocycles. The molecule has 1 aliphatic rings. The molecular weight excluding hydrogens is 348 g/mol. The SMILES string of the molecule is CCCCc1ccc(N2CC(O)=C(c3nc4cc(C)c(C)cc4[nH]3)C2=N)cc1. The zero-order chi connectivity index (χ0) is 19.8. The van der Waals surface area contributed by atoms with E-state index in [-0.39, 0.29) is 18.1 Å². The fourth-order valence-corrected chi connectivity index (χ4v) is 3.66. The second-order valence-electron chi connectivity index (χ2n) is 7.57. The van der Waals surface area contributed by atoms with Gasteiger partial charge in [-0.1, -0.05) is 25.5 Å². The molecule has 0 atom stereocenters. The van der Waals surface area contributed by atoms with Crippen LogP contribution in [0.2, 0.25) is 0 Å². The van der Waals surface area contributed by atoms with Crippen LogP contribution in [0.1, 0.15) is 42.3 Å². The summed E-state index contributed by atoms with van der Waals surface area (Å²) in [4.78, 5) is 9.72. The number of nitrogens with zero attached hydrogens (tertiary/aromatic N) is 2. The molecule has 0 spiro atoms. The summed E-state index contributed by atoms with van der Waals surface area (Å²) in [6, 6.07) is 12.4. The molecule has 1 aromatic heterocycles. The van der Waals surface area contributed by atoms with E-state index in [1.54, 1.807) is 0 Å². The number of aromatic amines is 1. The van der Waals surface area contributed by atoms with Crippen molar-refractivity contribution in [2.75, 3.05) is 11.4 Å². The molecule has 0 aliphatic carbocycles. The molecule has 2 heterocycles. The Hall–Kier alpha value is -3.08. The predicted molar refractivity (Wildman–Crippen MR) is 115 cm³/mol. The average Bonchev–Trinajstić information content (AvgIpc) is 3.20. The van der Waals surface area contributed by atoms with Gasteiger partial charge < -0.3 is 15.0 Å². The number of rotatable bonds is 5. The topological polar surface area (TPSA) is 76.0 Å². The lowest BCUT2D eigenvalue weighted by atomic mass is 10.1. The first-order valence-corrected chi connectivity index (χ1v) is 9.82. The molecule has 5 heteroatoms. The molecule has 0 unspecified atom stereocenters. The number of H-pyrrole nitrogens is 1. The van der Waals surface area contributed by atoms with Crippen molar-refractivity contribution >= 4 is 28.1 Å². The molecule has 0 fully saturated rings. The summed E-state index contributed by atoms with van der Waals surface area (Å²) in [5.41, 5.74) is 6.82. The number of nitrogens with one attached hydrogen (secondary N) is 2. The maximum absolute atomic E-state index is 10.6. The molecule has 3 aromatic rings. The average molecular weight is 374 g/mol. The van der Waals surface area contributed by atoms with Crippen molar-refractivity contribution in [3.63, 3.8) is 0 Å². The van der Waals surface area contributed by atoms with Gasteiger partial charge in [0.05, 0.1) is 23.2 Å². The van der Waals surface area contributed by atoms with E-state index in [9.17, 15) is 5.11 Å². The molecule has 0 radical (unpaired) electrons. The zero-order valence-corrected chi connectivity index (χ0v) is 16.6. The van der Waals surface area contributed by atoms with Crippen molar-refractivity contribution < 1.29 is 5.11 Å². The van der Waals surface area contributed by atoms with Crippen molar-refractivity contribution in [3.8, 4) is 0 Å². The van der Waals surface area contributed by atoms with Crippen LogP contribution >= 0.6 is 0 Å². The Labute approximate surface area is 165 Å². The van der Waals surface area contributed by atoms with Crippen LogP contribution in [0.4, 0.5) is 5.69 Å². The molecule has 2 aromatic carbocycles. The highest BCUT2D eigenvalue weighted by Gasteiger charge is 2.31. The van der Waals surface area contributed by atoms with Gasteiger partial charge in [0.25, 0.3) is 0 Å². The Kier molecular flexibility index (Phi) is 4.67. The largest absolute Gasteiger partial charge is 0.509 e. The number of amidine groups is 1. The van der Waals surface area contributed by atoms with E-state index in [1.165, 1.54) is 29.5 Å². The first-order chi connectivity index (χ1) is 13.5. The van der Waals surface area contributed by atoms with E-state index >= 15 is 0 Å². The number of imidazole rings is 1. The van der Waals surface area contributed by atoms with Crippen molar-refractivity contribution in [1.29, 1.82) is 5.41 Å². The normalized spacial score (nSPS) is 14.5. The Balaban J connectivity index is 1.61. The number of benzene rings is 2. The van der Waals surface area contributed by atoms with Gasteiger partial charge in [0.2, 0.25) is 0 Å². The second kappa shape index (κ2) is 7.15. The lowest BCUT2D eigenvalue weighted by molar-refractivity contribution is 0.411. The van der Waals surface area contributed by atoms with Crippen LogP contribution in [0.25, 0.3) is 16.6 Å². The summed E-state index contributed by atoms with van der Waals surface area (Å²) >= 11 is 0. The number of hydrogen-bond donors (Lipinski definition) is 3. The highest BCUT2D eigenvalue weighted by Crippen LogP contribution is 2.31. The van der Waals surface area contributed by atoms with Gasteiger partial charge in [0.15, 0.2) is 0 Å². The first-order valence-electron chi connectivity index (χ1n) is 9.82. The number of anilines is 1. The summed E-state index contributed by atoms with van der Waals surface area (Å²) in [6.45, 7) is 6.60. The number of hydrogen-bond acceptors (Lipinski definition) is 3. The van der Waals surface area contributed by atoms with Crippen LogP contribution in [0.5, 0.6) is 0 Å². The van der Waals surface area contributed by atoms with E-state index in [0.29, 0.717) is 11.4 Å². The third-order valence-electron chi connectivity index (χ3n) is 5.50. The second-order valence-corrected chi connectivity index (χ2v) is 7.57. The third-order valence-corrected chi connectivity index (χ3v) is 5.50. The smallest absolute Gasteiger partial charge is 0.145 e. The molecule has 0 bridgehead atoms. The van der Waals surface area contributed by atoms with E-state index in [1.807, 2.05) is 23.1 Å². The maximum Gasteiger partial charge on any atom is 0.145 e. The van der Waals surface area contributed by atoms with Crippen molar-refractivity contribution in [2.45, 2.75) is 40.0 Å². The van der Waals surface area contributed by atoms with Crippen LogP contribution < -0.4 is 4.90 Å². The number of fused-ring (bicyclic) bond motifs is 1. The molecule has 144 valence electrons. The molecule has 5 nitrogen and oxygen atoms in total. The molecule has 0 amide bonds. The third kappa shape index (κ3) is 3.17. The van der Waals surface area contributed by atoms with Gasteiger partial charge in [-0.15, -0.1) is 0 Å². The number of aromatic nitrogens is 2. The maximum atomic E-state index is 10.6. The van der Waals surface area contributed by atoms with Crippen LogP contribution in [0.15, 0.2) is 42.2 Å². The fraction of sp³-hybridized carbons (Fsp3) is 0.304. The van der Waals surface area contributed by atoms with E-state index in [2.05, 4.69) is 48.9 Å². The van der Waals surface area contributed by atoms with E-state index in [4.69, 9.17) is 5.41 Å². The standard InChI is InChI=1S/C23H26N4O/c1-4-5-6-16-7-9-17(10-8-16)27-13-20(28)21(22(27)24)23-25-18-11-14(2)15(3)12-19(18)26-23/h7-12,24,28H,4-6,13H2,1-3H3,(H,25,26). The lowest BCUT2D eigenvalue weighted by Crippen LogP contribution is -2.26. The molecule has 0 saturated heterocycles. The summed E-state index contributed by atoms with van der Waals surface area (Å²) < 4.78 is 0. The molecule has 1 aliphatic heterocycles. The minimum absolute atomic E-state index is 0.174. The molecular formula is C23H26N4O. The molecule has 3 N–H and O–H groups in total. The van der Waals surface area contributed by atoms with Gasteiger partial charge in [-0.05, 0) is 67.6 Å². The fourth-order valence-electron chi connectivity index (χ4n) is 3.66. The van der Waals surface area contributed by atoms with Crippen molar-refractivity contribution in [1.82, 2.24) is 9.97 Å². The van der Waals surface area contributed by atoms with Crippen LogP contribution in [0.3, 0.4) is 0 Å². The van der Waals surface area contributed by atoms with Gasteiger partial charge in [-0.3, -0.25) is 5.41 Å². The Morgan fingerprint density at radius 3 is 2.57 bits per heavy atom. The van der Waals surface area contributed by atoms with Gasteiger partial charge >= 0.3 is 0 Å². The number of aliphatic hydroxyl groups is 1. The van der Waals surface area contributed by atoms with E-state index in [0.717, 1.165) is 23.1 Å². The van der Waals surface area contributed by atoms with Gasteiger partial charge in [-0.25, -0.2) is 4.98 Å². The minimum atomic E-state index is 0.174. The summed E-state index contributed by atoms with van der Waals surface area (Å²) in [5.74, 6) is 0.989. The molecule has 28 heavy (non-hydrogen) atoms. The van der Waals surface area contributed by atoms with Crippen LogP contribution in [0, 0.1) is 19.3 Å². The van der Waals surface area contributed by atoms with Gasteiger partial charge in [-0.2, -0.15) is 0 Å². The summed E-state index contributed by atoms with van der Waals surface area (Å²) in [6.07, 6.45) is 3.42. The van der Waals surface area contributed by atoms with Crippen LogP contribution in [-0.4, -0.2) is 27.5 Å². The van der Waals surface area contributed by atoms with Crippen molar-refractivity contribution in [2.24, 2.45) is 0 Å². The zero-order valence-electron chi connectivity index (χ0n) is 16.6. The lowest BCUT2D eigenvalue weighted by Gasteiger charge is -2.19. The minimum Gasteiger partial charge on any atom is -0.509 e. The van der Waals surface area contributed by atoms with Gasteiger partial charge in [0.1, 0.15) is 17.4 Å². The van der Waals surface area contributed by atoms with Crippen molar-refractivity contribution in [3.05, 3.63) is 64.7 Å². The Morgan fingerprint density at radius 1 is 1.14 bits per heavy atom. The van der Waals surface area contributed by atoms with Gasteiger partial charge in [0, 0.05) is 5.69 Å². The highest BCUT2D eigenvalue weighted by atomic mass is 16.3. The highest BCUT2D eigenvalue weighted by molar-refractivity contribution is 6.30. The van der Waals surface area contributed by atoms with E-state index < -0.39 is 0 Å². The Bertz CT molecular complexity index is 1040. The Morgan fingerprint density at radius 2 is 1.86 bits per heavy atom. The number of aliphatic hydroxyl groups excluding tert-OH is 1. The summed E-state index contributed by atoms with van der Waals surface area (Å²) in [5, 5.41) is 19.2. The number of aryl methyl sites for hydroxylation is 3. The molecule has 4 rings (SSSR count). The van der Waals surface area contributed by atoms with Crippen LogP contribution in [-0.2, 0) is 6.42 Å². The monoisotopic (exact) mass is 374 g/mol. The quantitative estimate of drug-likeness (QED) is 0.568. The first kappa shape index (κ1) is 18.3. The summed E-state index contributed by atoms with van der Waals surface area (Å²) in [7, 11) is 0. The number of unbranched alkanes of at least 4 members (excludes halogenated alkanes) is 1.